The maximum Gasteiger partial charge on any atom is 0.148 e. The molecule has 0 atom stereocenters. The van der Waals surface area contributed by atoms with Crippen molar-refractivity contribution in [3.05, 3.63) is 137 Å². The molecule has 2 aliphatic rings. The molecule has 9 heteroatoms. The number of anilines is 2. The SMILES string of the molecule is CS(=O)(=O)CCNCc1ccc(N2C=CC3=CNC=C(Nc4ccc(OCc5ccc(F)cc5)cc4)C3=C2)cc1. The molecule has 0 aliphatic carbocycles. The fourth-order valence-electron chi connectivity index (χ4n) is 4.23. The second-order valence-corrected chi connectivity index (χ2v) is 11.9. The Bertz CT molecular complexity index is 1560. The molecule has 3 N–H and O–H groups in total. The van der Waals surface area contributed by atoms with Crippen molar-refractivity contribution >= 4 is 21.2 Å². The van der Waals surface area contributed by atoms with Gasteiger partial charge in [0.2, 0.25) is 0 Å². The highest BCUT2D eigenvalue weighted by Gasteiger charge is 2.18. The van der Waals surface area contributed by atoms with Gasteiger partial charge in [0.1, 0.15) is 28.0 Å². The van der Waals surface area contributed by atoms with Crippen molar-refractivity contribution in [2.45, 2.75) is 13.2 Å². The summed E-state index contributed by atoms with van der Waals surface area (Å²) in [6.07, 6.45) is 11.3. The molecule has 2 aliphatic heterocycles. The largest absolute Gasteiger partial charge is 0.489 e. The van der Waals surface area contributed by atoms with E-state index in [0.29, 0.717) is 19.7 Å². The van der Waals surface area contributed by atoms with Crippen LogP contribution >= 0.6 is 0 Å². The summed E-state index contributed by atoms with van der Waals surface area (Å²) in [5.74, 6) is 0.592. The number of benzene rings is 3. The molecule has 0 bridgehead atoms. The smallest absolute Gasteiger partial charge is 0.148 e. The van der Waals surface area contributed by atoms with Gasteiger partial charge in [0.05, 0.1) is 11.4 Å². The first-order chi connectivity index (χ1) is 19.3. The molecule has 206 valence electrons. The van der Waals surface area contributed by atoms with E-state index in [2.05, 4.69) is 33.1 Å². The molecule has 3 aromatic carbocycles. The van der Waals surface area contributed by atoms with Crippen molar-refractivity contribution in [3.63, 3.8) is 0 Å². The van der Waals surface area contributed by atoms with Crippen LogP contribution in [0.5, 0.6) is 5.75 Å². The van der Waals surface area contributed by atoms with Gasteiger partial charge in [-0.1, -0.05) is 24.3 Å². The number of nitrogens with one attached hydrogen (secondary N) is 3. The van der Waals surface area contributed by atoms with Gasteiger partial charge in [-0.2, -0.15) is 0 Å². The first-order valence-electron chi connectivity index (χ1n) is 12.9. The highest BCUT2D eigenvalue weighted by molar-refractivity contribution is 7.90. The molecule has 3 aromatic rings. The van der Waals surface area contributed by atoms with Gasteiger partial charge >= 0.3 is 0 Å². The van der Waals surface area contributed by atoms with Crippen LogP contribution in [-0.2, 0) is 23.0 Å². The molecule has 0 saturated carbocycles. The minimum Gasteiger partial charge on any atom is -0.489 e. The number of fused-ring (bicyclic) bond motifs is 1. The third-order valence-corrected chi connectivity index (χ3v) is 7.36. The zero-order valence-corrected chi connectivity index (χ0v) is 22.9. The zero-order valence-electron chi connectivity index (χ0n) is 22.1. The molecule has 0 amide bonds. The molecular formula is C31H31FN4O3S. The quantitative estimate of drug-likeness (QED) is 0.279. The number of ether oxygens (including phenoxy) is 1. The number of allylic oxidation sites excluding steroid dienone is 2. The van der Waals surface area contributed by atoms with E-state index in [4.69, 9.17) is 4.74 Å². The van der Waals surface area contributed by atoms with Crippen molar-refractivity contribution in [2.75, 3.05) is 28.8 Å². The Balaban J connectivity index is 1.19. The van der Waals surface area contributed by atoms with Crippen molar-refractivity contribution in [1.82, 2.24) is 10.6 Å². The Kier molecular flexibility index (Phi) is 8.33. The van der Waals surface area contributed by atoms with Crippen molar-refractivity contribution < 1.29 is 17.5 Å². The summed E-state index contributed by atoms with van der Waals surface area (Å²) in [5, 5.41) is 9.87. The van der Waals surface area contributed by atoms with Crippen molar-refractivity contribution in [1.29, 1.82) is 0 Å². The first-order valence-corrected chi connectivity index (χ1v) is 15.0. The molecule has 7 nitrogen and oxygen atoms in total. The lowest BCUT2D eigenvalue weighted by atomic mass is 10.00. The maximum absolute atomic E-state index is 13.1. The number of halogens is 1. The summed E-state index contributed by atoms with van der Waals surface area (Å²) in [6, 6.07) is 22.2. The molecule has 0 radical (unpaired) electrons. The summed E-state index contributed by atoms with van der Waals surface area (Å²) in [6.45, 7) is 1.41. The molecular weight excluding hydrogens is 527 g/mol. The second-order valence-electron chi connectivity index (χ2n) is 9.63. The summed E-state index contributed by atoms with van der Waals surface area (Å²) >= 11 is 0. The topological polar surface area (TPSA) is 82.7 Å². The molecule has 5 rings (SSSR count). The van der Waals surface area contributed by atoms with Crippen LogP contribution in [0.1, 0.15) is 11.1 Å². The van der Waals surface area contributed by atoms with Crippen molar-refractivity contribution in [2.24, 2.45) is 0 Å². The van der Waals surface area contributed by atoms with Crippen LogP contribution < -0.4 is 25.6 Å². The lowest BCUT2D eigenvalue weighted by Crippen LogP contribution is -2.22. The molecule has 0 spiro atoms. The number of hydrogen-bond donors (Lipinski definition) is 3. The molecule has 0 fully saturated rings. The van der Waals surface area contributed by atoms with Gasteiger partial charge < -0.3 is 25.6 Å². The van der Waals surface area contributed by atoms with E-state index < -0.39 is 9.84 Å². The summed E-state index contributed by atoms with van der Waals surface area (Å²) in [5.41, 5.74) is 6.95. The van der Waals surface area contributed by atoms with Gasteiger partial charge in [0, 0.05) is 66.7 Å². The Labute approximate surface area is 234 Å². The number of dihydropyridines is 1. The molecule has 0 aromatic heterocycles. The lowest BCUT2D eigenvalue weighted by Gasteiger charge is -2.27. The normalized spacial score (nSPS) is 14.4. The van der Waals surface area contributed by atoms with Crippen molar-refractivity contribution in [3.8, 4) is 5.75 Å². The van der Waals surface area contributed by atoms with Gasteiger partial charge in [-0.15, -0.1) is 0 Å². The van der Waals surface area contributed by atoms with Crippen LogP contribution in [0.4, 0.5) is 15.8 Å². The van der Waals surface area contributed by atoms with E-state index in [-0.39, 0.29) is 11.6 Å². The number of hydrogen-bond acceptors (Lipinski definition) is 7. The van der Waals surface area contributed by atoms with Gasteiger partial charge in [-0.3, -0.25) is 0 Å². The minimum absolute atomic E-state index is 0.126. The second kappa shape index (κ2) is 12.2. The van der Waals surface area contributed by atoms with Gasteiger partial charge in [0.25, 0.3) is 0 Å². The van der Waals surface area contributed by atoms with E-state index in [0.717, 1.165) is 45.1 Å². The monoisotopic (exact) mass is 558 g/mol. The fraction of sp³-hybridized carbons (Fsp3) is 0.161. The summed E-state index contributed by atoms with van der Waals surface area (Å²) in [7, 11) is -2.97. The van der Waals surface area contributed by atoms with Gasteiger partial charge in [-0.05, 0) is 65.7 Å². The minimum atomic E-state index is -2.97. The third-order valence-electron chi connectivity index (χ3n) is 6.42. The van der Waals surface area contributed by atoms with Crippen LogP contribution in [0.2, 0.25) is 0 Å². The highest BCUT2D eigenvalue weighted by Crippen LogP contribution is 2.31. The number of rotatable bonds is 11. The standard InChI is InChI=1S/C31H31FN4O3S/c1-40(37,38)17-15-33-18-23-4-10-28(11-5-23)36-16-14-25-19-34-20-31(30(25)21-36)35-27-8-12-29(13-9-27)39-22-24-2-6-26(32)7-3-24/h2-14,16,19-21,33-35H,15,17-18,22H2,1H3. The van der Waals surface area contributed by atoms with Crippen LogP contribution in [0.15, 0.2) is 121 Å². The summed E-state index contributed by atoms with van der Waals surface area (Å²) in [4.78, 5) is 2.07. The van der Waals surface area contributed by atoms with Crippen LogP contribution in [0, 0.1) is 5.82 Å². The Hall–Kier alpha value is -4.34. The average Bonchev–Trinajstić information content (AvgIpc) is 2.96. The average molecular weight is 559 g/mol. The number of sulfone groups is 1. The van der Waals surface area contributed by atoms with E-state index in [1.807, 2.05) is 67.1 Å². The van der Waals surface area contributed by atoms with Gasteiger partial charge in [-0.25, -0.2) is 12.8 Å². The van der Waals surface area contributed by atoms with E-state index in [1.165, 1.54) is 18.4 Å². The predicted molar refractivity (Wildman–Crippen MR) is 158 cm³/mol. The Morgan fingerprint density at radius 2 is 1.65 bits per heavy atom. The molecule has 0 unspecified atom stereocenters. The molecule has 40 heavy (non-hydrogen) atoms. The van der Waals surface area contributed by atoms with E-state index >= 15 is 0 Å². The van der Waals surface area contributed by atoms with Gasteiger partial charge in [0.15, 0.2) is 0 Å². The third kappa shape index (κ3) is 7.40. The predicted octanol–water partition coefficient (Wildman–Crippen LogP) is 5.20. The van der Waals surface area contributed by atoms with Crippen LogP contribution in [-0.4, -0.2) is 27.0 Å². The lowest BCUT2D eigenvalue weighted by molar-refractivity contribution is 0.306. The highest BCUT2D eigenvalue weighted by atomic mass is 32.2. The van der Waals surface area contributed by atoms with Crippen LogP contribution in [0.3, 0.4) is 0 Å². The number of nitrogens with zero attached hydrogens (tertiary/aromatic N) is 1. The Morgan fingerprint density at radius 1 is 0.925 bits per heavy atom. The maximum atomic E-state index is 13.1. The molecule has 2 heterocycles. The molecule has 0 saturated heterocycles. The summed E-state index contributed by atoms with van der Waals surface area (Å²) < 4.78 is 41.5. The van der Waals surface area contributed by atoms with Crippen LogP contribution in [0.25, 0.3) is 0 Å². The zero-order chi connectivity index (χ0) is 28.0. The fourth-order valence-corrected chi connectivity index (χ4v) is 4.74. The van der Waals surface area contributed by atoms with E-state index in [9.17, 15) is 12.8 Å². The Morgan fingerprint density at radius 3 is 2.38 bits per heavy atom. The first kappa shape index (κ1) is 27.2. The van der Waals surface area contributed by atoms with E-state index in [1.54, 1.807) is 12.1 Å².